The Hall–Kier alpha value is -2.62. The van der Waals surface area contributed by atoms with Crippen LogP contribution < -0.4 is 4.74 Å². The first-order chi connectivity index (χ1) is 9.52. The monoisotopic (exact) mass is 270 g/mol. The molecule has 0 aliphatic rings. The Morgan fingerprint density at radius 2 is 1.60 bits per heavy atom. The van der Waals surface area contributed by atoms with Crippen molar-refractivity contribution in [3.63, 3.8) is 0 Å². The van der Waals surface area contributed by atoms with Crippen molar-refractivity contribution in [2.45, 2.75) is 6.92 Å². The van der Waals surface area contributed by atoms with Gasteiger partial charge in [0, 0.05) is 5.56 Å². The number of carbonyl (C=O) groups is 2. The van der Waals surface area contributed by atoms with Gasteiger partial charge < -0.3 is 9.84 Å². The van der Waals surface area contributed by atoms with Gasteiger partial charge in [-0.2, -0.15) is 0 Å². The van der Waals surface area contributed by atoms with Gasteiger partial charge in [-0.25, -0.2) is 4.79 Å². The molecule has 0 aliphatic heterocycles. The van der Waals surface area contributed by atoms with Crippen LogP contribution >= 0.6 is 0 Å². The van der Waals surface area contributed by atoms with Crippen LogP contribution in [-0.4, -0.2) is 24.0 Å². The lowest BCUT2D eigenvalue weighted by atomic mass is 10.0. The van der Waals surface area contributed by atoms with Gasteiger partial charge in [0.1, 0.15) is 11.3 Å². The normalized spacial score (nSPS) is 10.1. The van der Waals surface area contributed by atoms with E-state index in [1.165, 1.54) is 20.1 Å². The van der Waals surface area contributed by atoms with Gasteiger partial charge in [-0.1, -0.05) is 30.3 Å². The van der Waals surface area contributed by atoms with E-state index in [9.17, 15) is 9.59 Å². The summed E-state index contributed by atoms with van der Waals surface area (Å²) < 4.78 is 5.10. The Bertz CT molecular complexity index is 657. The van der Waals surface area contributed by atoms with Gasteiger partial charge in [-0.3, -0.25) is 4.79 Å². The molecule has 0 aromatic heterocycles. The van der Waals surface area contributed by atoms with Crippen LogP contribution in [0.25, 0.3) is 11.1 Å². The zero-order valence-corrected chi connectivity index (χ0v) is 11.2. The molecule has 0 unspecified atom stereocenters. The number of carboxylic acid groups (broad SMARTS) is 1. The zero-order valence-electron chi connectivity index (χ0n) is 11.2. The molecule has 1 N–H and O–H groups in total. The summed E-state index contributed by atoms with van der Waals surface area (Å²) in [5, 5.41) is 9.04. The highest BCUT2D eigenvalue weighted by Crippen LogP contribution is 2.27. The maximum Gasteiger partial charge on any atom is 0.339 e. The summed E-state index contributed by atoms with van der Waals surface area (Å²) in [6.45, 7) is 1.51. The maximum absolute atomic E-state index is 11.2. The fraction of sp³-hybridized carbons (Fsp3) is 0.125. The van der Waals surface area contributed by atoms with E-state index in [0.717, 1.165) is 11.1 Å². The highest BCUT2D eigenvalue weighted by Gasteiger charge is 2.12. The maximum atomic E-state index is 11.2. The van der Waals surface area contributed by atoms with Gasteiger partial charge in [0.05, 0.1) is 7.11 Å². The van der Waals surface area contributed by atoms with Gasteiger partial charge in [0.15, 0.2) is 5.78 Å². The molecule has 0 amide bonds. The van der Waals surface area contributed by atoms with Crippen molar-refractivity contribution in [1.29, 1.82) is 0 Å². The summed E-state index contributed by atoms with van der Waals surface area (Å²) in [5.41, 5.74) is 2.49. The SMILES string of the molecule is COc1cc(-c2ccc(C(C)=O)cc2)ccc1C(=O)O. The third kappa shape index (κ3) is 2.69. The minimum absolute atomic E-state index is 0.00959. The molecule has 102 valence electrons. The number of rotatable bonds is 4. The molecular weight excluding hydrogens is 256 g/mol. The second kappa shape index (κ2) is 5.57. The number of methoxy groups -OCH3 is 1. The molecule has 0 fully saturated rings. The Balaban J connectivity index is 2.42. The van der Waals surface area contributed by atoms with E-state index in [1.807, 2.05) is 12.1 Å². The Labute approximate surface area is 116 Å². The molecule has 0 spiro atoms. The van der Waals surface area contributed by atoms with Crippen LogP contribution in [-0.2, 0) is 0 Å². The molecule has 0 aliphatic carbocycles. The topological polar surface area (TPSA) is 63.6 Å². The molecular formula is C16H14O4. The quantitative estimate of drug-likeness (QED) is 0.866. The van der Waals surface area contributed by atoms with Crippen LogP contribution in [0.3, 0.4) is 0 Å². The lowest BCUT2D eigenvalue weighted by Gasteiger charge is -2.08. The Kier molecular flexibility index (Phi) is 3.84. The van der Waals surface area contributed by atoms with Crippen LogP contribution in [0.15, 0.2) is 42.5 Å². The number of hydrogen-bond acceptors (Lipinski definition) is 3. The first kappa shape index (κ1) is 13.8. The average Bonchev–Trinajstić information content (AvgIpc) is 2.46. The second-order valence-electron chi connectivity index (χ2n) is 4.35. The smallest absolute Gasteiger partial charge is 0.339 e. The molecule has 0 saturated heterocycles. The lowest BCUT2D eigenvalue weighted by molar-refractivity contribution is 0.0693. The third-order valence-corrected chi connectivity index (χ3v) is 3.06. The summed E-state index contributed by atoms with van der Waals surface area (Å²) in [6, 6.07) is 12.0. The number of carbonyl (C=O) groups excluding carboxylic acids is 1. The molecule has 4 heteroatoms. The molecule has 0 saturated carbocycles. The standard InChI is InChI=1S/C16H14O4/c1-10(17)11-3-5-12(6-4-11)13-7-8-14(16(18)19)15(9-13)20-2/h3-9H,1-2H3,(H,18,19). The van der Waals surface area contributed by atoms with Crippen LogP contribution in [0.1, 0.15) is 27.6 Å². The van der Waals surface area contributed by atoms with Crippen LogP contribution in [0, 0.1) is 0 Å². The molecule has 0 atom stereocenters. The van der Waals surface area contributed by atoms with E-state index in [0.29, 0.717) is 11.3 Å². The fourth-order valence-corrected chi connectivity index (χ4v) is 1.94. The van der Waals surface area contributed by atoms with Crippen molar-refractivity contribution in [2.75, 3.05) is 7.11 Å². The summed E-state index contributed by atoms with van der Waals surface area (Å²) >= 11 is 0. The molecule has 4 nitrogen and oxygen atoms in total. The number of benzene rings is 2. The summed E-state index contributed by atoms with van der Waals surface area (Å²) in [6.07, 6.45) is 0. The van der Waals surface area contributed by atoms with Crippen molar-refractivity contribution in [2.24, 2.45) is 0 Å². The number of carboxylic acids is 1. The number of Topliss-reactive ketones (excluding diaryl/α,β-unsaturated/α-hetero) is 1. The van der Waals surface area contributed by atoms with Crippen LogP contribution in [0.2, 0.25) is 0 Å². The number of ether oxygens (including phenoxy) is 1. The van der Waals surface area contributed by atoms with Crippen molar-refractivity contribution < 1.29 is 19.4 Å². The molecule has 0 bridgehead atoms. The van der Waals surface area contributed by atoms with Crippen molar-refractivity contribution in [3.05, 3.63) is 53.6 Å². The van der Waals surface area contributed by atoms with E-state index < -0.39 is 5.97 Å². The number of hydrogen-bond donors (Lipinski definition) is 1. The van der Waals surface area contributed by atoms with Crippen molar-refractivity contribution in [1.82, 2.24) is 0 Å². The minimum atomic E-state index is -1.03. The summed E-state index contributed by atoms with van der Waals surface area (Å²) in [4.78, 5) is 22.3. The summed E-state index contributed by atoms with van der Waals surface area (Å²) in [7, 11) is 1.43. The van der Waals surface area contributed by atoms with E-state index in [4.69, 9.17) is 9.84 Å². The van der Waals surface area contributed by atoms with Gasteiger partial charge in [-0.05, 0) is 30.2 Å². The van der Waals surface area contributed by atoms with Gasteiger partial charge in [-0.15, -0.1) is 0 Å². The third-order valence-electron chi connectivity index (χ3n) is 3.06. The molecule has 0 heterocycles. The molecule has 2 aromatic carbocycles. The lowest BCUT2D eigenvalue weighted by Crippen LogP contribution is -2.00. The van der Waals surface area contributed by atoms with E-state index in [-0.39, 0.29) is 11.3 Å². The zero-order chi connectivity index (χ0) is 14.7. The average molecular weight is 270 g/mol. The Morgan fingerprint density at radius 1 is 1.00 bits per heavy atom. The van der Waals surface area contributed by atoms with Crippen LogP contribution in [0.4, 0.5) is 0 Å². The van der Waals surface area contributed by atoms with Crippen molar-refractivity contribution >= 4 is 11.8 Å². The van der Waals surface area contributed by atoms with E-state index >= 15 is 0 Å². The van der Waals surface area contributed by atoms with E-state index in [1.54, 1.807) is 24.3 Å². The molecule has 20 heavy (non-hydrogen) atoms. The Morgan fingerprint density at radius 3 is 2.10 bits per heavy atom. The highest BCUT2D eigenvalue weighted by molar-refractivity contribution is 5.95. The predicted octanol–water partition coefficient (Wildman–Crippen LogP) is 3.26. The van der Waals surface area contributed by atoms with Gasteiger partial charge in [0.25, 0.3) is 0 Å². The minimum Gasteiger partial charge on any atom is -0.496 e. The molecule has 2 rings (SSSR count). The first-order valence-electron chi connectivity index (χ1n) is 6.05. The largest absolute Gasteiger partial charge is 0.496 e. The highest BCUT2D eigenvalue weighted by atomic mass is 16.5. The molecule has 0 radical (unpaired) electrons. The van der Waals surface area contributed by atoms with Crippen molar-refractivity contribution in [3.8, 4) is 16.9 Å². The van der Waals surface area contributed by atoms with Gasteiger partial charge >= 0.3 is 5.97 Å². The van der Waals surface area contributed by atoms with Gasteiger partial charge in [0.2, 0.25) is 0 Å². The predicted molar refractivity (Wildman–Crippen MR) is 75.4 cm³/mol. The second-order valence-corrected chi connectivity index (χ2v) is 4.35. The summed E-state index contributed by atoms with van der Waals surface area (Å²) in [5.74, 6) is -0.707. The molecule has 2 aromatic rings. The first-order valence-corrected chi connectivity index (χ1v) is 6.05. The fourth-order valence-electron chi connectivity index (χ4n) is 1.94. The van der Waals surface area contributed by atoms with Crippen LogP contribution in [0.5, 0.6) is 5.75 Å². The number of aromatic carboxylic acids is 1. The number of ketones is 1. The van der Waals surface area contributed by atoms with E-state index in [2.05, 4.69) is 0 Å².